The van der Waals surface area contributed by atoms with Crippen molar-refractivity contribution in [3.8, 4) is 0 Å². The third kappa shape index (κ3) is 5.72. The van der Waals surface area contributed by atoms with E-state index in [0.29, 0.717) is 30.0 Å². The molecule has 0 amide bonds. The number of hydrogen-bond donors (Lipinski definition) is 2. The molecular weight excluding hydrogens is 286 g/mol. The third-order valence-corrected chi connectivity index (χ3v) is 5.86. The molecule has 136 valence electrons. The molecule has 2 fully saturated rings. The maximum absolute atomic E-state index is 11.0. The summed E-state index contributed by atoms with van der Waals surface area (Å²) in [5.74, 6) is 1.01. The minimum absolute atomic E-state index is 0.285. The summed E-state index contributed by atoms with van der Waals surface area (Å²) in [5.41, 5.74) is -0.520. The van der Waals surface area contributed by atoms with Crippen LogP contribution in [0.3, 0.4) is 0 Å². The average molecular weight is 326 g/mol. The fourth-order valence-electron chi connectivity index (χ4n) is 4.89. The van der Waals surface area contributed by atoms with E-state index in [1.165, 1.54) is 32.1 Å². The summed E-state index contributed by atoms with van der Waals surface area (Å²) < 4.78 is 6.10. The summed E-state index contributed by atoms with van der Waals surface area (Å²) in [6.07, 6.45) is 9.94. The first-order valence-corrected chi connectivity index (χ1v) is 9.92. The van der Waals surface area contributed by atoms with Crippen LogP contribution in [-0.2, 0) is 4.74 Å². The highest BCUT2D eigenvalue weighted by atomic mass is 16.5. The number of ether oxygens (including phenoxy) is 1. The van der Waals surface area contributed by atoms with Crippen molar-refractivity contribution in [2.75, 3.05) is 0 Å². The highest BCUT2D eigenvalue weighted by molar-refractivity contribution is 4.95. The summed E-state index contributed by atoms with van der Waals surface area (Å²) in [6.45, 7) is 10.8. The third-order valence-electron chi connectivity index (χ3n) is 5.86. The van der Waals surface area contributed by atoms with Gasteiger partial charge in [0.25, 0.3) is 0 Å². The lowest BCUT2D eigenvalue weighted by Crippen LogP contribution is -2.47. The summed E-state index contributed by atoms with van der Waals surface area (Å²) in [7, 11) is 0. The van der Waals surface area contributed by atoms with E-state index in [0.717, 1.165) is 19.3 Å². The van der Waals surface area contributed by atoms with Crippen molar-refractivity contribution in [2.45, 2.75) is 116 Å². The quantitative estimate of drug-likeness (QED) is 0.741. The number of rotatable bonds is 5. The maximum atomic E-state index is 11.0. The van der Waals surface area contributed by atoms with Gasteiger partial charge >= 0.3 is 0 Å². The molecule has 2 aliphatic carbocycles. The van der Waals surface area contributed by atoms with Crippen LogP contribution >= 0.6 is 0 Å². The molecule has 2 aliphatic rings. The molecule has 0 aromatic carbocycles. The van der Waals surface area contributed by atoms with E-state index in [4.69, 9.17) is 4.74 Å². The van der Waals surface area contributed by atoms with Gasteiger partial charge in [0.2, 0.25) is 0 Å². The smallest absolute Gasteiger partial charge is 0.0652 e. The molecule has 0 spiro atoms. The molecule has 0 saturated heterocycles. The van der Waals surface area contributed by atoms with Crippen molar-refractivity contribution in [1.82, 2.24) is 5.32 Å². The SMILES string of the molecule is CC(C)NC1CCCCC(C2C[C@H](OC(C)C)CC[C@]2(C)O)C1. The van der Waals surface area contributed by atoms with Gasteiger partial charge in [0.1, 0.15) is 0 Å². The Balaban J connectivity index is 2.04. The predicted octanol–water partition coefficient (Wildman–Crippen LogP) is 4.28. The van der Waals surface area contributed by atoms with Crippen molar-refractivity contribution >= 4 is 0 Å². The molecule has 23 heavy (non-hydrogen) atoms. The Morgan fingerprint density at radius 1 is 1.04 bits per heavy atom. The molecule has 0 aromatic rings. The van der Waals surface area contributed by atoms with Crippen LogP contribution < -0.4 is 5.32 Å². The lowest BCUT2D eigenvalue weighted by atomic mass is 9.67. The maximum Gasteiger partial charge on any atom is 0.0652 e. The zero-order chi connectivity index (χ0) is 17.0. The van der Waals surface area contributed by atoms with Crippen molar-refractivity contribution < 1.29 is 9.84 Å². The minimum atomic E-state index is -0.520. The van der Waals surface area contributed by atoms with Crippen LogP contribution in [0.15, 0.2) is 0 Å². The Hall–Kier alpha value is -0.120. The Bertz CT molecular complexity index is 354. The standard InChI is InChI=1S/C20H39NO2/c1-14(2)21-17-9-7-6-8-16(12-17)19-13-18(23-15(3)4)10-11-20(19,5)22/h14-19,21-22H,6-13H2,1-5H3/t16?,17?,18-,19?,20+/m1/s1. The zero-order valence-electron chi connectivity index (χ0n) is 16.0. The highest BCUT2D eigenvalue weighted by Gasteiger charge is 2.43. The molecule has 3 unspecified atom stereocenters. The van der Waals surface area contributed by atoms with Crippen LogP contribution in [-0.4, -0.2) is 35.0 Å². The molecular formula is C20H39NO2. The number of aliphatic hydroxyl groups is 1. The molecule has 0 radical (unpaired) electrons. The highest BCUT2D eigenvalue weighted by Crippen LogP contribution is 2.44. The molecule has 5 atom stereocenters. The van der Waals surface area contributed by atoms with Crippen molar-refractivity contribution in [3.63, 3.8) is 0 Å². The molecule has 2 N–H and O–H groups in total. The van der Waals surface area contributed by atoms with Crippen molar-refractivity contribution in [2.24, 2.45) is 11.8 Å². The van der Waals surface area contributed by atoms with Crippen molar-refractivity contribution in [3.05, 3.63) is 0 Å². The molecule has 3 nitrogen and oxygen atoms in total. The molecule has 3 heteroatoms. The largest absolute Gasteiger partial charge is 0.390 e. The normalized spacial score (nSPS) is 39.7. The molecule has 0 aliphatic heterocycles. The van der Waals surface area contributed by atoms with Gasteiger partial charge in [0.15, 0.2) is 0 Å². The van der Waals surface area contributed by atoms with Crippen LogP contribution in [0.2, 0.25) is 0 Å². The van der Waals surface area contributed by atoms with Gasteiger partial charge in [-0.05, 0) is 64.7 Å². The van der Waals surface area contributed by atoms with E-state index in [9.17, 15) is 5.11 Å². The Morgan fingerprint density at radius 2 is 1.74 bits per heavy atom. The van der Waals surface area contributed by atoms with Crippen LogP contribution in [0, 0.1) is 11.8 Å². The summed E-state index contributed by atoms with van der Waals surface area (Å²) in [4.78, 5) is 0. The second kappa shape index (κ2) is 8.31. The molecule has 0 aromatic heterocycles. The number of nitrogens with one attached hydrogen (secondary N) is 1. The van der Waals surface area contributed by atoms with Gasteiger partial charge in [-0.15, -0.1) is 0 Å². The Labute approximate surface area is 143 Å². The minimum Gasteiger partial charge on any atom is -0.390 e. The van der Waals surface area contributed by atoms with Crippen LogP contribution in [0.1, 0.15) is 86.0 Å². The first-order chi connectivity index (χ1) is 10.8. The number of hydrogen-bond acceptors (Lipinski definition) is 3. The van der Waals surface area contributed by atoms with Crippen LogP contribution in [0.25, 0.3) is 0 Å². The summed E-state index contributed by atoms with van der Waals surface area (Å²) >= 11 is 0. The predicted molar refractivity (Wildman–Crippen MR) is 96.6 cm³/mol. The van der Waals surface area contributed by atoms with Gasteiger partial charge < -0.3 is 15.2 Å². The van der Waals surface area contributed by atoms with Gasteiger partial charge in [-0.1, -0.05) is 33.1 Å². The van der Waals surface area contributed by atoms with E-state index < -0.39 is 5.60 Å². The Morgan fingerprint density at radius 3 is 2.39 bits per heavy atom. The average Bonchev–Trinajstić information content (AvgIpc) is 2.65. The first kappa shape index (κ1) is 19.2. The fourth-order valence-corrected chi connectivity index (χ4v) is 4.89. The zero-order valence-corrected chi connectivity index (χ0v) is 16.0. The van der Waals surface area contributed by atoms with Gasteiger partial charge in [0, 0.05) is 12.1 Å². The van der Waals surface area contributed by atoms with Gasteiger partial charge in [-0.25, -0.2) is 0 Å². The summed E-state index contributed by atoms with van der Waals surface area (Å²) in [6, 6.07) is 1.16. The van der Waals surface area contributed by atoms with Gasteiger partial charge in [0.05, 0.1) is 17.8 Å². The molecule has 0 heterocycles. The van der Waals surface area contributed by atoms with E-state index in [2.05, 4.69) is 39.9 Å². The topological polar surface area (TPSA) is 41.5 Å². The van der Waals surface area contributed by atoms with E-state index in [1.54, 1.807) is 0 Å². The first-order valence-electron chi connectivity index (χ1n) is 9.92. The fraction of sp³-hybridized carbons (Fsp3) is 1.00. The van der Waals surface area contributed by atoms with Crippen LogP contribution in [0.4, 0.5) is 0 Å². The lowest BCUT2D eigenvalue weighted by Gasteiger charge is -2.45. The van der Waals surface area contributed by atoms with E-state index >= 15 is 0 Å². The van der Waals surface area contributed by atoms with Gasteiger partial charge in [-0.3, -0.25) is 0 Å². The molecule has 2 rings (SSSR count). The van der Waals surface area contributed by atoms with E-state index in [-0.39, 0.29) is 6.10 Å². The van der Waals surface area contributed by atoms with Gasteiger partial charge in [-0.2, -0.15) is 0 Å². The second-order valence-corrected chi connectivity index (χ2v) is 8.84. The monoisotopic (exact) mass is 325 g/mol. The Kier molecular flexibility index (Phi) is 6.94. The van der Waals surface area contributed by atoms with Crippen molar-refractivity contribution in [1.29, 1.82) is 0 Å². The lowest BCUT2D eigenvalue weighted by molar-refractivity contribution is -0.117. The van der Waals surface area contributed by atoms with E-state index in [1.807, 2.05) is 0 Å². The molecule has 2 saturated carbocycles. The molecule has 0 bridgehead atoms. The van der Waals surface area contributed by atoms with Crippen LogP contribution in [0.5, 0.6) is 0 Å². The second-order valence-electron chi connectivity index (χ2n) is 8.84. The summed E-state index contributed by atoms with van der Waals surface area (Å²) in [5, 5.41) is 14.8.